The second-order valence-electron chi connectivity index (χ2n) is 5.60. The quantitative estimate of drug-likeness (QED) is 0.728. The number of carbonyl (C=O) groups excluding carboxylic acids is 1. The second kappa shape index (κ2) is 8.66. The van der Waals surface area contributed by atoms with E-state index in [9.17, 15) is 14.0 Å². The first kappa shape index (κ1) is 19.7. The molecule has 6 nitrogen and oxygen atoms in total. The molecule has 136 valence electrons. The number of halogens is 2. The number of allylic oxidation sites excluding steroid dienone is 3. The molecule has 1 N–H and O–H groups in total. The number of carbonyl (C=O) groups is 1. The van der Waals surface area contributed by atoms with Crippen molar-refractivity contribution in [3.8, 4) is 0 Å². The Morgan fingerprint density at radius 3 is 2.81 bits per heavy atom. The van der Waals surface area contributed by atoms with Crippen LogP contribution in [-0.4, -0.2) is 26.9 Å². The molecule has 0 fully saturated rings. The predicted octanol–water partition coefficient (Wildman–Crippen LogP) is 3.00. The van der Waals surface area contributed by atoms with Gasteiger partial charge in [-0.15, -0.1) is 5.10 Å². The Morgan fingerprint density at radius 2 is 2.15 bits per heavy atom. The van der Waals surface area contributed by atoms with Crippen molar-refractivity contribution in [1.29, 1.82) is 0 Å². The van der Waals surface area contributed by atoms with Crippen molar-refractivity contribution in [3.05, 3.63) is 69.2 Å². The Kier molecular flexibility index (Phi) is 6.57. The van der Waals surface area contributed by atoms with Crippen LogP contribution in [0.15, 0.2) is 63.7 Å². The molecule has 0 saturated heterocycles. The average Bonchev–Trinajstić information content (AvgIpc) is 2.57. The third kappa shape index (κ3) is 4.72. The van der Waals surface area contributed by atoms with Crippen LogP contribution >= 0.6 is 15.9 Å². The van der Waals surface area contributed by atoms with Crippen molar-refractivity contribution >= 4 is 32.7 Å². The number of aromatic nitrogens is 3. The van der Waals surface area contributed by atoms with Gasteiger partial charge in [0, 0.05) is 4.48 Å². The van der Waals surface area contributed by atoms with E-state index < -0.39 is 17.5 Å². The van der Waals surface area contributed by atoms with Crippen LogP contribution in [0.3, 0.4) is 0 Å². The minimum Gasteiger partial charge on any atom is -0.348 e. The van der Waals surface area contributed by atoms with Crippen LogP contribution in [0.4, 0.5) is 4.39 Å². The van der Waals surface area contributed by atoms with Crippen LogP contribution in [0.2, 0.25) is 0 Å². The third-order valence-electron chi connectivity index (χ3n) is 3.59. The summed E-state index contributed by atoms with van der Waals surface area (Å²) in [5.41, 5.74) is 0.680. The van der Waals surface area contributed by atoms with E-state index in [-0.39, 0.29) is 12.4 Å². The number of hydrogen-bond acceptors (Lipinski definition) is 4. The Labute approximate surface area is 158 Å². The summed E-state index contributed by atoms with van der Waals surface area (Å²) in [4.78, 5) is 24.6. The molecule has 1 atom stereocenters. The molecule has 8 heteroatoms. The minimum absolute atomic E-state index is 0.277. The summed E-state index contributed by atoms with van der Waals surface area (Å²) < 4.78 is 14.5. The molecule has 0 bridgehead atoms. The van der Waals surface area contributed by atoms with Crippen LogP contribution in [0, 0.1) is 0 Å². The van der Waals surface area contributed by atoms with Crippen molar-refractivity contribution in [2.45, 2.75) is 26.4 Å². The number of benzene rings is 1. The maximum Gasteiger partial charge on any atom is 0.278 e. The van der Waals surface area contributed by atoms with E-state index in [4.69, 9.17) is 0 Å². The first-order valence-corrected chi connectivity index (χ1v) is 8.60. The van der Waals surface area contributed by atoms with Crippen molar-refractivity contribution in [3.63, 3.8) is 0 Å². The first-order chi connectivity index (χ1) is 12.3. The molecular formula is C18H18BrFN4O2. The standard InChI is InChI=1S/C18H18BrFN4O2/c1-4-13(15(19)9-11(2)20)12(3)21-17(25)10-24-18(26)14-7-5-6-8-16(14)22-23-24/h4-9,12H,1,10H2,2-3H3,(H,21,25)/b11-9+,15-13-/t12-/m0/s1. The largest absolute Gasteiger partial charge is 0.348 e. The fourth-order valence-electron chi connectivity index (χ4n) is 2.37. The molecule has 1 amide bonds. The predicted molar refractivity (Wildman–Crippen MR) is 102 cm³/mol. The number of nitrogens with one attached hydrogen (secondary N) is 1. The summed E-state index contributed by atoms with van der Waals surface area (Å²) in [6.07, 6.45) is 2.81. The number of fused-ring (bicyclic) bond motifs is 1. The van der Waals surface area contributed by atoms with E-state index in [0.29, 0.717) is 21.0 Å². The van der Waals surface area contributed by atoms with E-state index in [0.717, 1.165) is 4.68 Å². The molecule has 0 aliphatic rings. The average molecular weight is 421 g/mol. The highest BCUT2D eigenvalue weighted by Gasteiger charge is 2.15. The third-order valence-corrected chi connectivity index (χ3v) is 4.27. The van der Waals surface area contributed by atoms with Crippen LogP contribution in [0.5, 0.6) is 0 Å². The number of nitrogens with zero attached hydrogens (tertiary/aromatic N) is 3. The van der Waals surface area contributed by atoms with Gasteiger partial charge < -0.3 is 5.32 Å². The number of rotatable bonds is 6. The van der Waals surface area contributed by atoms with Gasteiger partial charge in [0.15, 0.2) is 0 Å². The van der Waals surface area contributed by atoms with E-state index in [1.54, 1.807) is 31.2 Å². The molecule has 2 rings (SSSR count). The lowest BCUT2D eigenvalue weighted by molar-refractivity contribution is -0.122. The summed E-state index contributed by atoms with van der Waals surface area (Å²) in [6, 6.07) is 6.33. The van der Waals surface area contributed by atoms with Gasteiger partial charge in [0.25, 0.3) is 5.56 Å². The Balaban J connectivity index is 2.18. The second-order valence-corrected chi connectivity index (χ2v) is 6.45. The Bertz CT molecular complexity index is 961. The highest BCUT2D eigenvalue weighted by Crippen LogP contribution is 2.20. The lowest BCUT2D eigenvalue weighted by Gasteiger charge is -2.16. The van der Waals surface area contributed by atoms with Gasteiger partial charge in [0.2, 0.25) is 5.91 Å². The zero-order valence-corrected chi connectivity index (χ0v) is 16.0. The molecule has 0 aliphatic carbocycles. The van der Waals surface area contributed by atoms with E-state index >= 15 is 0 Å². The summed E-state index contributed by atoms with van der Waals surface area (Å²) in [7, 11) is 0. The molecule has 26 heavy (non-hydrogen) atoms. The van der Waals surface area contributed by atoms with Gasteiger partial charge in [0.05, 0.1) is 17.3 Å². The zero-order chi connectivity index (χ0) is 19.3. The van der Waals surface area contributed by atoms with Gasteiger partial charge in [-0.1, -0.05) is 45.9 Å². The smallest absolute Gasteiger partial charge is 0.278 e. The van der Waals surface area contributed by atoms with Gasteiger partial charge in [-0.05, 0) is 37.6 Å². The van der Waals surface area contributed by atoms with Gasteiger partial charge in [-0.2, -0.15) is 0 Å². The van der Waals surface area contributed by atoms with Crippen LogP contribution in [0.1, 0.15) is 13.8 Å². The molecule has 0 spiro atoms. The number of hydrogen-bond donors (Lipinski definition) is 1. The minimum atomic E-state index is -0.450. The van der Waals surface area contributed by atoms with Crippen molar-refractivity contribution in [1.82, 2.24) is 20.3 Å². The molecular weight excluding hydrogens is 403 g/mol. The Hall–Kier alpha value is -2.61. The maximum absolute atomic E-state index is 13.1. The van der Waals surface area contributed by atoms with Crippen LogP contribution in [-0.2, 0) is 11.3 Å². The van der Waals surface area contributed by atoms with Gasteiger partial charge in [0.1, 0.15) is 12.1 Å². The summed E-state index contributed by atoms with van der Waals surface area (Å²) in [5.74, 6) is -0.808. The van der Waals surface area contributed by atoms with Crippen molar-refractivity contribution < 1.29 is 9.18 Å². The molecule has 1 aromatic heterocycles. The SMILES string of the molecule is C=C/C(=C(Br)\C=C(/C)F)[C@H](C)NC(=O)Cn1nnc2ccccc2c1=O. The van der Waals surface area contributed by atoms with Crippen molar-refractivity contribution in [2.24, 2.45) is 0 Å². The highest BCUT2D eigenvalue weighted by molar-refractivity contribution is 9.11. The number of amides is 1. The van der Waals surface area contributed by atoms with Crippen molar-refractivity contribution in [2.75, 3.05) is 0 Å². The molecule has 2 aromatic rings. The molecule has 0 radical (unpaired) electrons. The molecule has 0 saturated carbocycles. The van der Waals surface area contributed by atoms with Crippen LogP contribution < -0.4 is 10.9 Å². The lowest BCUT2D eigenvalue weighted by atomic mass is 10.1. The fraction of sp³-hybridized carbons (Fsp3) is 0.222. The van der Waals surface area contributed by atoms with Gasteiger partial charge in [-0.25, -0.2) is 9.07 Å². The zero-order valence-electron chi connectivity index (χ0n) is 14.4. The molecule has 1 heterocycles. The fourth-order valence-corrected chi connectivity index (χ4v) is 3.19. The Morgan fingerprint density at radius 1 is 1.46 bits per heavy atom. The summed E-state index contributed by atoms with van der Waals surface area (Å²) in [6.45, 7) is 6.45. The normalized spacial score (nSPS) is 13.9. The molecule has 0 unspecified atom stereocenters. The molecule has 0 aliphatic heterocycles. The van der Waals surface area contributed by atoms with Gasteiger partial charge >= 0.3 is 0 Å². The highest BCUT2D eigenvalue weighted by atomic mass is 79.9. The molecule has 1 aromatic carbocycles. The maximum atomic E-state index is 13.1. The summed E-state index contributed by atoms with van der Waals surface area (Å²) in [5, 5.41) is 10.8. The first-order valence-electron chi connectivity index (χ1n) is 7.81. The van der Waals surface area contributed by atoms with E-state index in [1.165, 1.54) is 19.1 Å². The topological polar surface area (TPSA) is 76.9 Å². The van der Waals surface area contributed by atoms with Crippen LogP contribution in [0.25, 0.3) is 10.9 Å². The van der Waals surface area contributed by atoms with E-state index in [1.807, 2.05) is 0 Å². The lowest BCUT2D eigenvalue weighted by Crippen LogP contribution is -2.39. The van der Waals surface area contributed by atoms with E-state index in [2.05, 4.69) is 38.1 Å². The monoisotopic (exact) mass is 420 g/mol. The van der Waals surface area contributed by atoms with Gasteiger partial charge in [-0.3, -0.25) is 9.59 Å². The summed E-state index contributed by atoms with van der Waals surface area (Å²) >= 11 is 3.26.